The van der Waals surface area contributed by atoms with Crippen molar-refractivity contribution < 1.29 is 19.4 Å². The first kappa shape index (κ1) is 9.90. The summed E-state index contributed by atoms with van der Waals surface area (Å²) < 4.78 is 4.23. The van der Waals surface area contributed by atoms with E-state index in [1.165, 1.54) is 6.92 Å². The monoisotopic (exact) mass is 160 g/mol. The van der Waals surface area contributed by atoms with Gasteiger partial charge in [-0.2, -0.15) is 0 Å². The topological polar surface area (TPSA) is 92.5 Å². The van der Waals surface area contributed by atoms with E-state index < -0.39 is 17.5 Å². The Morgan fingerprint density at radius 3 is 2.36 bits per heavy atom. The first-order valence-corrected chi connectivity index (χ1v) is 2.97. The van der Waals surface area contributed by atoms with Crippen LogP contribution >= 0.6 is 0 Å². The van der Waals surface area contributed by atoms with E-state index in [-0.39, 0.29) is 6.42 Å². The Morgan fingerprint density at radius 2 is 2.09 bits per heavy atom. The van der Waals surface area contributed by atoms with Crippen LogP contribution in [0.2, 0.25) is 0 Å². The van der Waals surface area contributed by atoms with E-state index in [2.05, 4.69) is 4.74 Å². The van der Waals surface area contributed by atoms with Crippen LogP contribution in [-0.2, 0) is 14.3 Å². The molecular weight excluding hydrogens is 150 g/mol. The second-order valence-electron chi connectivity index (χ2n) is 2.46. The van der Waals surface area contributed by atoms with E-state index in [0.29, 0.717) is 0 Å². The molecule has 0 bridgehead atoms. The van der Waals surface area contributed by atoms with Crippen molar-refractivity contribution in [2.75, 3.05) is 7.11 Å². The number of aliphatic carboxylic acids is 1. The summed E-state index contributed by atoms with van der Waals surface area (Å²) in [5, 5.41) is 10.2. The summed E-state index contributed by atoms with van der Waals surface area (Å²) in [6.07, 6.45) is -0.383. The molecule has 0 aromatic heterocycles. The number of hydrogen-bond acceptors (Lipinski definition) is 5. The third kappa shape index (κ3) is 2.99. The van der Waals surface area contributed by atoms with Gasteiger partial charge in [-0.15, -0.1) is 0 Å². The second kappa shape index (κ2) is 3.34. The fourth-order valence-electron chi connectivity index (χ4n) is 0.444. The third-order valence-electron chi connectivity index (χ3n) is 1.21. The quantitative estimate of drug-likeness (QED) is 0.483. The molecule has 0 saturated carbocycles. The Balaban J connectivity index is 4.12. The maximum absolute atomic E-state index is 10.5. The highest BCUT2D eigenvalue weighted by Crippen LogP contribution is 2.04. The van der Waals surface area contributed by atoms with Crippen LogP contribution in [0.15, 0.2) is 0 Å². The highest BCUT2D eigenvalue weighted by molar-refractivity contribution is 5.83. The Labute approximate surface area is 64.1 Å². The van der Waals surface area contributed by atoms with Gasteiger partial charge in [0.15, 0.2) is 0 Å². The van der Waals surface area contributed by atoms with Gasteiger partial charge in [-0.3, -0.25) is 4.79 Å². The first-order chi connectivity index (χ1) is 4.90. The van der Waals surface area contributed by atoms with Crippen LogP contribution in [0.25, 0.3) is 0 Å². The lowest BCUT2D eigenvalue weighted by atomic mass is 10.0. The van der Waals surface area contributed by atoms with Gasteiger partial charge in [0, 0.05) is 0 Å². The van der Waals surface area contributed by atoms with Crippen LogP contribution < -0.4 is 10.8 Å². The van der Waals surface area contributed by atoms with Crippen LogP contribution in [0.4, 0.5) is 0 Å². The maximum atomic E-state index is 10.5. The van der Waals surface area contributed by atoms with E-state index in [9.17, 15) is 14.7 Å². The minimum atomic E-state index is -1.65. The fourth-order valence-corrected chi connectivity index (χ4v) is 0.444. The molecular formula is C6H10NO4-. The zero-order valence-electron chi connectivity index (χ0n) is 6.42. The Morgan fingerprint density at radius 1 is 1.64 bits per heavy atom. The molecule has 1 unspecified atom stereocenters. The van der Waals surface area contributed by atoms with Crippen molar-refractivity contribution in [1.29, 1.82) is 0 Å². The number of methoxy groups -OCH3 is 1. The zero-order chi connectivity index (χ0) is 9.07. The number of hydrogen-bond donors (Lipinski definition) is 1. The molecule has 5 heteroatoms. The molecule has 0 aliphatic carbocycles. The molecule has 0 aromatic carbocycles. The normalized spacial score (nSPS) is 15.2. The zero-order valence-corrected chi connectivity index (χ0v) is 6.42. The van der Waals surface area contributed by atoms with Crippen LogP contribution in [0.5, 0.6) is 0 Å². The predicted molar refractivity (Wildman–Crippen MR) is 34.2 cm³/mol. The Hall–Kier alpha value is -1.10. The lowest BCUT2D eigenvalue weighted by molar-refractivity contribution is -0.312. The average molecular weight is 160 g/mol. The van der Waals surface area contributed by atoms with Crippen molar-refractivity contribution in [2.24, 2.45) is 5.73 Å². The molecule has 0 saturated heterocycles. The summed E-state index contributed by atoms with van der Waals surface area (Å²) in [6.45, 7) is 1.19. The largest absolute Gasteiger partial charge is 0.548 e. The van der Waals surface area contributed by atoms with Crippen molar-refractivity contribution in [2.45, 2.75) is 18.9 Å². The molecule has 64 valence electrons. The summed E-state index contributed by atoms with van der Waals surface area (Å²) in [4.78, 5) is 20.8. The first-order valence-electron chi connectivity index (χ1n) is 2.97. The van der Waals surface area contributed by atoms with Gasteiger partial charge in [-0.05, 0) is 6.92 Å². The summed E-state index contributed by atoms with van der Waals surface area (Å²) in [6, 6.07) is 0. The molecule has 0 rings (SSSR count). The third-order valence-corrected chi connectivity index (χ3v) is 1.21. The van der Waals surface area contributed by atoms with Gasteiger partial charge < -0.3 is 20.4 Å². The van der Waals surface area contributed by atoms with E-state index in [1.54, 1.807) is 0 Å². The molecule has 0 spiro atoms. The van der Waals surface area contributed by atoms with E-state index in [4.69, 9.17) is 5.73 Å². The lowest BCUT2D eigenvalue weighted by Gasteiger charge is -2.23. The van der Waals surface area contributed by atoms with Gasteiger partial charge >= 0.3 is 5.97 Å². The van der Waals surface area contributed by atoms with Gasteiger partial charge in [0.1, 0.15) is 0 Å². The average Bonchev–Trinajstić information content (AvgIpc) is 1.86. The molecule has 5 nitrogen and oxygen atoms in total. The minimum absolute atomic E-state index is 0.383. The van der Waals surface area contributed by atoms with Gasteiger partial charge in [0.05, 0.1) is 25.0 Å². The van der Waals surface area contributed by atoms with Gasteiger partial charge in [-0.25, -0.2) is 0 Å². The van der Waals surface area contributed by atoms with Gasteiger partial charge in [-0.1, -0.05) is 0 Å². The molecule has 2 N–H and O–H groups in total. The summed E-state index contributed by atoms with van der Waals surface area (Å²) in [5.41, 5.74) is 3.53. The maximum Gasteiger partial charge on any atom is 0.307 e. The lowest BCUT2D eigenvalue weighted by Crippen LogP contribution is -2.54. The minimum Gasteiger partial charge on any atom is -0.548 e. The second-order valence-corrected chi connectivity index (χ2v) is 2.46. The molecule has 1 atom stereocenters. The Kier molecular flexibility index (Phi) is 3.00. The summed E-state index contributed by atoms with van der Waals surface area (Å²) >= 11 is 0. The molecule has 11 heavy (non-hydrogen) atoms. The van der Waals surface area contributed by atoms with Crippen molar-refractivity contribution in [3.8, 4) is 0 Å². The molecule has 0 heterocycles. The molecule has 0 radical (unpaired) electrons. The highest BCUT2D eigenvalue weighted by Gasteiger charge is 2.24. The SMILES string of the molecule is COC(=O)CC(C)(N)C(=O)[O-]. The number of rotatable bonds is 3. The van der Waals surface area contributed by atoms with E-state index in [0.717, 1.165) is 7.11 Å². The van der Waals surface area contributed by atoms with Crippen LogP contribution in [0.3, 0.4) is 0 Å². The van der Waals surface area contributed by atoms with Crippen LogP contribution in [0.1, 0.15) is 13.3 Å². The van der Waals surface area contributed by atoms with E-state index in [1.807, 2.05) is 0 Å². The molecule has 0 aromatic rings. The number of nitrogens with two attached hydrogens (primary N) is 1. The number of carboxylic acid groups (broad SMARTS) is 1. The van der Waals surface area contributed by atoms with Gasteiger partial charge in [0.25, 0.3) is 0 Å². The van der Waals surface area contributed by atoms with Crippen LogP contribution in [-0.4, -0.2) is 24.6 Å². The molecule has 0 amide bonds. The number of carbonyl (C=O) groups excluding carboxylic acids is 2. The predicted octanol–water partition coefficient (Wildman–Crippen LogP) is -1.98. The van der Waals surface area contributed by atoms with Crippen molar-refractivity contribution in [3.63, 3.8) is 0 Å². The molecule has 0 fully saturated rings. The number of esters is 1. The number of carboxylic acids is 1. The standard InChI is InChI=1S/C6H11NO4/c1-6(7,5(9)10)3-4(8)11-2/h3,7H2,1-2H3,(H,9,10)/p-1. The number of carbonyl (C=O) groups is 2. The molecule has 0 aliphatic rings. The summed E-state index contributed by atoms with van der Waals surface area (Å²) in [7, 11) is 1.16. The van der Waals surface area contributed by atoms with Crippen LogP contribution in [0, 0.1) is 0 Å². The molecule has 0 aliphatic heterocycles. The highest BCUT2D eigenvalue weighted by atomic mass is 16.5. The fraction of sp³-hybridized carbons (Fsp3) is 0.667. The Bertz CT molecular complexity index is 175. The summed E-state index contributed by atoms with van der Waals surface area (Å²) in [5.74, 6) is -2.14. The van der Waals surface area contributed by atoms with E-state index >= 15 is 0 Å². The smallest absolute Gasteiger partial charge is 0.307 e. The van der Waals surface area contributed by atoms with Crippen molar-refractivity contribution in [3.05, 3.63) is 0 Å². The van der Waals surface area contributed by atoms with Crippen molar-refractivity contribution in [1.82, 2.24) is 0 Å². The van der Waals surface area contributed by atoms with Crippen molar-refractivity contribution >= 4 is 11.9 Å². The van der Waals surface area contributed by atoms with Gasteiger partial charge in [0.2, 0.25) is 0 Å². The number of ether oxygens (including phenoxy) is 1.